The first-order valence-corrected chi connectivity index (χ1v) is 7.13. The van der Waals surface area contributed by atoms with Gasteiger partial charge in [0.2, 0.25) is 0 Å². The van der Waals surface area contributed by atoms with Crippen LogP contribution in [0.15, 0.2) is 54.7 Å². The van der Waals surface area contributed by atoms with Crippen molar-refractivity contribution in [3.63, 3.8) is 0 Å². The Labute approximate surface area is 127 Å². The SMILES string of the molecule is Cc1cc2cc(N)ccc2n1C(=O)c1ccc2[nH]ccc2c1. The maximum atomic E-state index is 12.9. The second-order valence-corrected chi connectivity index (χ2v) is 5.52. The van der Waals surface area contributed by atoms with Gasteiger partial charge in [0.05, 0.1) is 5.52 Å². The number of H-pyrrole nitrogens is 1. The van der Waals surface area contributed by atoms with Crippen molar-refractivity contribution in [1.82, 2.24) is 9.55 Å². The second kappa shape index (κ2) is 4.49. The fourth-order valence-electron chi connectivity index (χ4n) is 2.96. The van der Waals surface area contributed by atoms with Crippen molar-refractivity contribution in [2.45, 2.75) is 6.92 Å². The van der Waals surface area contributed by atoms with E-state index in [4.69, 9.17) is 5.73 Å². The first-order valence-electron chi connectivity index (χ1n) is 7.13. The molecule has 4 rings (SSSR count). The zero-order valence-electron chi connectivity index (χ0n) is 12.1. The predicted molar refractivity (Wildman–Crippen MR) is 89.1 cm³/mol. The van der Waals surface area contributed by atoms with Gasteiger partial charge in [-0.1, -0.05) is 0 Å². The Hall–Kier alpha value is -3.01. The van der Waals surface area contributed by atoms with Gasteiger partial charge in [0.1, 0.15) is 0 Å². The molecular weight excluding hydrogens is 274 g/mol. The minimum Gasteiger partial charge on any atom is -0.399 e. The Morgan fingerprint density at radius 1 is 1.05 bits per heavy atom. The summed E-state index contributed by atoms with van der Waals surface area (Å²) in [6.45, 7) is 1.93. The average molecular weight is 289 g/mol. The van der Waals surface area contributed by atoms with E-state index in [9.17, 15) is 4.79 Å². The number of hydrogen-bond donors (Lipinski definition) is 2. The molecule has 0 saturated carbocycles. The molecule has 2 heterocycles. The minimum atomic E-state index is -0.0274. The van der Waals surface area contributed by atoms with Crippen LogP contribution in [0.4, 0.5) is 5.69 Å². The number of hydrogen-bond acceptors (Lipinski definition) is 2. The van der Waals surface area contributed by atoms with E-state index in [1.54, 1.807) is 4.57 Å². The van der Waals surface area contributed by atoms with Crippen LogP contribution in [0.2, 0.25) is 0 Å². The van der Waals surface area contributed by atoms with Crippen LogP contribution in [0, 0.1) is 6.92 Å². The van der Waals surface area contributed by atoms with Gasteiger partial charge in [-0.15, -0.1) is 0 Å². The highest BCUT2D eigenvalue weighted by molar-refractivity contribution is 6.05. The number of carbonyl (C=O) groups is 1. The molecule has 3 N–H and O–H groups in total. The van der Waals surface area contributed by atoms with Crippen LogP contribution in [-0.4, -0.2) is 15.5 Å². The summed E-state index contributed by atoms with van der Waals surface area (Å²) in [5.74, 6) is -0.0274. The molecule has 0 aliphatic carbocycles. The van der Waals surface area contributed by atoms with E-state index in [0.717, 1.165) is 27.5 Å². The van der Waals surface area contributed by atoms with Crippen LogP contribution in [0.5, 0.6) is 0 Å². The molecule has 0 fully saturated rings. The topological polar surface area (TPSA) is 63.8 Å². The minimum absolute atomic E-state index is 0.0274. The summed E-state index contributed by atoms with van der Waals surface area (Å²) in [6.07, 6.45) is 1.87. The largest absolute Gasteiger partial charge is 0.399 e. The number of carbonyl (C=O) groups excluding carboxylic acids is 1. The van der Waals surface area contributed by atoms with E-state index >= 15 is 0 Å². The Balaban J connectivity index is 1.90. The number of anilines is 1. The molecule has 2 aromatic carbocycles. The molecule has 4 nitrogen and oxygen atoms in total. The van der Waals surface area contributed by atoms with Crippen molar-refractivity contribution < 1.29 is 4.79 Å². The first-order chi connectivity index (χ1) is 10.6. The lowest BCUT2D eigenvalue weighted by Crippen LogP contribution is -2.13. The summed E-state index contributed by atoms with van der Waals surface area (Å²) in [7, 11) is 0. The number of aromatic nitrogens is 2. The number of aryl methyl sites for hydroxylation is 1. The third-order valence-electron chi connectivity index (χ3n) is 4.01. The number of nitrogen functional groups attached to an aromatic ring is 1. The summed E-state index contributed by atoms with van der Waals surface area (Å²) < 4.78 is 1.74. The highest BCUT2D eigenvalue weighted by Crippen LogP contribution is 2.24. The summed E-state index contributed by atoms with van der Waals surface area (Å²) >= 11 is 0. The zero-order valence-corrected chi connectivity index (χ0v) is 12.1. The molecule has 0 saturated heterocycles. The standard InChI is InChI=1S/C18H15N3O/c1-11-8-14-10-15(19)3-5-17(14)21(11)18(22)13-2-4-16-12(9-13)6-7-20-16/h2-10,20H,19H2,1H3. The monoisotopic (exact) mass is 289 g/mol. The number of nitrogens with zero attached hydrogens (tertiary/aromatic N) is 1. The number of fused-ring (bicyclic) bond motifs is 2. The van der Waals surface area contributed by atoms with Gasteiger partial charge in [-0.2, -0.15) is 0 Å². The molecule has 0 atom stereocenters. The van der Waals surface area contributed by atoms with Crippen LogP contribution < -0.4 is 5.73 Å². The highest BCUT2D eigenvalue weighted by Gasteiger charge is 2.15. The molecule has 0 aliphatic heterocycles. The third kappa shape index (κ3) is 1.81. The van der Waals surface area contributed by atoms with Gasteiger partial charge in [-0.3, -0.25) is 9.36 Å². The summed E-state index contributed by atoms with van der Waals surface area (Å²) in [5, 5.41) is 2.01. The number of rotatable bonds is 1. The summed E-state index contributed by atoms with van der Waals surface area (Å²) in [5.41, 5.74) is 10.0. The molecule has 4 heteroatoms. The molecule has 0 unspecified atom stereocenters. The van der Waals surface area contributed by atoms with E-state index in [1.165, 1.54) is 0 Å². The van der Waals surface area contributed by atoms with Crippen molar-refractivity contribution in [3.05, 3.63) is 66.0 Å². The molecule has 0 amide bonds. The van der Waals surface area contributed by atoms with Gasteiger partial charge >= 0.3 is 0 Å². The number of nitrogens with one attached hydrogen (secondary N) is 1. The molecule has 22 heavy (non-hydrogen) atoms. The zero-order chi connectivity index (χ0) is 15.3. The molecular formula is C18H15N3O. The van der Waals surface area contributed by atoms with E-state index in [-0.39, 0.29) is 5.91 Å². The summed E-state index contributed by atoms with van der Waals surface area (Å²) in [4.78, 5) is 16.0. The van der Waals surface area contributed by atoms with Gasteiger partial charge in [-0.05, 0) is 55.5 Å². The Bertz CT molecular complexity index is 1020. The molecule has 0 bridgehead atoms. The Morgan fingerprint density at radius 2 is 1.91 bits per heavy atom. The third-order valence-corrected chi connectivity index (χ3v) is 4.01. The van der Waals surface area contributed by atoms with E-state index in [0.29, 0.717) is 11.3 Å². The Morgan fingerprint density at radius 3 is 2.77 bits per heavy atom. The van der Waals surface area contributed by atoms with Gasteiger partial charge in [0.25, 0.3) is 5.91 Å². The van der Waals surface area contributed by atoms with Crippen molar-refractivity contribution in [2.75, 3.05) is 5.73 Å². The normalized spacial score (nSPS) is 11.3. The van der Waals surface area contributed by atoms with Crippen LogP contribution in [0.3, 0.4) is 0 Å². The molecule has 2 aromatic heterocycles. The average Bonchev–Trinajstić information content (AvgIpc) is 3.08. The highest BCUT2D eigenvalue weighted by atomic mass is 16.2. The quantitative estimate of drug-likeness (QED) is 0.525. The first kappa shape index (κ1) is 12.7. The smallest absolute Gasteiger partial charge is 0.262 e. The van der Waals surface area contributed by atoms with Crippen molar-refractivity contribution >= 4 is 33.4 Å². The maximum Gasteiger partial charge on any atom is 0.262 e. The van der Waals surface area contributed by atoms with Crippen molar-refractivity contribution in [3.8, 4) is 0 Å². The van der Waals surface area contributed by atoms with Crippen LogP contribution in [0.1, 0.15) is 16.1 Å². The molecule has 0 spiro atoms. The van der Waals surface area contributed by atoms with Gasteiger partial charge in [0.15, 0.2) is 0 Å². The van der Waals surface area contributed by atoms with Gasteiger partial charge in [-0.25, -0.2) is 0 Å². The van der Waals surface area contributed by atoms with Crippen molar-refractivity contribution in [1.29, 1.82) is 0 Å². The predicted octanol–water partition coefficient (Wildman–Crippen LogP) is 3.70. The summed E-state index contributed by atoms with van der Waals surface area (Å²) in [6, 6.07) is 15.3. The lowest BCUT2D eigenvalue weighted by molar-refractivity contribution is 0.0963. The van der Waals surface area contributed by atoms with Crippen LogP contribution in [0.25, 0.3) is 21.8 Å². The van der Waals surface area contributed by atoms with Gasteiger partial charge in [0, 0.05) is 39.4 Å². The van der Waals surface area contributed by atoms with E-state index < -0.39 is 0 Å². The number of aromatic amines is 1. The second-order valence-electron chi connectivity index (χ2n) is 5.52. The lowest BCUT2D eigenvalue weighted by atomic mass is 10.1. The van der Waals surface area contributed by atoms with Gasteiger partial charge < -0.3 is 10.7 Å². The number of nitrogens with two attached hydrogens (primary N) is 1. The molecule has 0 aliphatic rings. The fourth-order valence-corrected chi connectivity index (χ4v) is 2.96. The fraction of sp³-hybridized carbons (Fsp3) is 0.0556. The van der Waals surface area contributed by atoms with E-state index in [2.05, 4.69) is 4.98 Å². The Kier molecular flexibility index (Phi) is 2.60. The van der Waals surface area contributed by atoms with Crippen LogP contribution >= 0.6 is 0 Å². The van der Waals surface area contributed by atoms with Crippen LogP contribution in [-0.2, 0) is 0 Å². The van der Waals surface area contributed by atoms with Crippen molar-refractivity contribution in [2.24, 2.45) is 0 Å². The molecule has 0 radical (unpaired) electrons. The molecule has 4 aromatic rings. The number of benzene rings is 2. The van der Waals surface area contributed by atoms with E-state index in [1.807, 2.05) is 61.7 Å². The molecule has 108 valence electrons. The lowest BCUT2D eigenvalue weighted by Gasteiger charge is -2.07. The maximum absolute atomic E-state index is 12.9.